The number of aryl methyl sites for hydroxylation is 1. The fourth-order valence-electron chi connectivity index (χ4n) is 2.26. The van der Waals surface area contributed by atoms with Crippen LogP contribution in [0.4, 0.5) is 0 Å². The number of hydrogen-bond acceptors (Lipinski definition) is 4. The molecule has 98 valence electrons. The minimum Gasteiger partial charge on any atom is -0.480 e. The third-order valence-electron chi connectivity index (χ3n) is 3.21. The molecule has 1 amide bonds. The number of carboxylic acid groups (broad SMARTS) is 1. The Balaban J connectivity index is 2.23. The zero-order valence-corrected chi connectivity index (χ0v) is 10.3. The predicted molar refractivity (Wildman–Crippen MR) is 62.2 cm³/mol. The summed E-state index contributed by atoms with van der Waals surface area (Å²) in [4.78, 5) is 28.7. The Morgan fingerprint density at radius 2 is 2.33 bits per heavy atom. The van der Waals surface area contributed by atoms with Gasteiger partial charge in [0.1, 0.15) is 11.8 Å². The van der Waals surface area contributed by atoms with Crippen LogP contribution in [-0.2, 0) is 11.2 Å². The Morgan fingerprint density at radius 3 is 3.00 bits per heavy atom. The Kier molecular flexibility index (Phi) is 3.64. The third-order valence-corrected chi connectivity index (χ3v) is 3.21. The van der Waals surface area contributed by atoms with Crippen molar-refractivity contribution in [3.63, 3.8) is 0 Å². The molecule has 6 heteroatoms. The maximum atomic E-state index is 12.3. The van der Waals surface area contributed by atoms with Crippen molar-refractivity contribution in [2.75, 3.05) is 6.54 Å². The summed E-state index contributed by atoms with van der Waals surface area (Å²) in [6, 6.07) is -0.743. The van der Waals surface area contributed by atoms with Crippen LogP contribution in [0.5, 0.6) is 0 Å². The maximum absolute atomic E-state index is 12.3. The van der Waals surface area contributed by atoms with Gasteiger partial charge in [0.05, 0.1) is 0 Å². The number of rotatable bonds is 3. The molecule has 1 fully saturated rings. The summed E-state index contributed by atoms with van der Waals surface area (Å²) >= 11 is 0. The van der Waals surface area contributed by atoms with Crippen molar-refractivity contribution in [3.05, 3.63) is 17.8 Å². The van der Waals surface area contributed by atoms with Crippen molar-refractivity contribution < 1.29 is 19.1 Å². The molecule has 2 heterocycles. The Bertz CT molecular complexity index is 455. The van der Waals surface area contributed by atoms with Crippen molar-refractivity contribution in [1.29, 1.82) is 0 Å². The summed E-state index contributed by atoms with van der Waals surface area (Å²) in [6.45, 7) is 2.33. The normalized spacial score (nSPS) is 19.8. The molecule has 1 aliphatic heterocycles. The second-order valence-electron chi connectivity index (χ2n) is 4.33. The summed E-state index contributed by atoms with van der Waals surface area (Å²) in [6.07, 6.45) is 3.95. The van der Waals surface area contributed by atoms with Crippen molar-refractivity contribution >= 4 is 11.9 Å². The topological polar surface area (TPSA) is 83.6 Å². The number of aromatic nitrogens is 1. The molecular formula is C12H16N2O4. The second kappa shape index (κ2) is 5.20. The molecule has 0 aromatic carbocycles. The zero-order chi connectivity index (χ0) is 13.1. The minimum atomic E-state index is -0.954. The number of nitrogens with zero attached hydrogens (tertiary/aromatic N) is 2. The Hall–Kier alpha value is -1.85. The third kappa shape index (κ3) is 2.23. The van der Waals surface area contributed by atoms with Crippen LogP contribution in [0.2, 0.25) is 0 Å². The molecule has 0 aliphatic carbocycles. The first-order valence-corrected chi connectivity index (χ1v) is 6.11. The molecular weight excluding hydrogens is 236 g/mol. The highest BCUT2D eigenvalue weighted by atomic mass is 16.4. The SMILES string of the molecule is CCc1ocnc1C(=O)N1CCCC[C@@H]1C(=O)O. The van der Waals surface area contributed by atoms with Gasteiger partial charge in [-0.3, -0.25) is 4.79 Å². The number of carboxylic acids is 1. The molecule has 1 N–H and O–H groups in total. The lowest BCUT2D eigenvalue weighted by Gasteiger charge is -2.32. The quantitative estimate of drug-likeness (QED) is 0.877. The fourth-order valence-corrected chi connectivity index (χ4v) is 2.26. The highest BCUT2D eigenvalue weighted by molar-refractivity contribution is 5.95. The minimum absolute atomic E-state index is 0.241. The van der Waals surface area contributed by atoms with Crippen molar-refractivity contribution in [1.82, 2.24) is 9.88 Å². The first-order chi connectivity index (χ1) is 8.65. The standard InChI is InChI=1S/C12H16N2O4/c1-2-9-10(13-7-18-9)11(15)14-6-4-3-5-8(14)12(16)17/h7-8H,2-6H2,1H3,(H,16,17)/t8-/m1/s1. The lowest BCUT2D eigenvalue weighted by molar-refractivity contribution is -0.143. The molecule has 1 saturated heterocycles. The smallest absolute Gasteiger partial charge is 0.326 e. The van der Waals surface area contributed by atoms with E-state index in [1.807, 2.05) is 6.92 Å². The van der Waals surface area contributed by atoms with E-state index in [2.05, 4.69) is 4.98 Å². The van der Waals surface area contributed by atoms with Gasteiger partial charge in [0.25, 0.3) is 5.91 Å². The van der Waals surface area contributed by atoms with Gasteiger partial charge in [0.15, 0.2) is 12.1 Å². The molecule has 6 nitrogen and oxygen atoms in total. The molecule has 2 rings (SSSR count). The average Bonchev–Trinajstić information content (AvgIpc) is 2.86. The van der Waals surface area contributed by atoms with Gasteiger partial charge in [0.2, 0.25) is 0 Å². The number of carbonyl (C=O) groups excluding carboxylic acids is 1. The molecule has 0 spiro atoms. The molecule has 0 radical (unpaired) electrons. The molecule has 0 unspecified atom stereocenters. The molecule has 18 heavy (non-hydrogen) atoms. The first-order valence-electron chi connectivity index (χ1n) is 6.11. The average molecular weight is 252 g/mol. The van der Waals surface area contributed by atoms with Crippen LogP contribution in [0.15, 0.2) is 10.8 Å². The monoisotopic (exact) mass is 252 g/mol. The van der Waals surface area contributed by atoms with Crippen LogP contribution in [0.1, 0.15) is 42.4 Å². The number of piperidine rings is 1. The summed E-state index contributed by atoms with van der Waals surface area (Å²) < 4.78 is 5.12. The van der Waals surface area contributed by atoms with Crippen LogP contribution in [0.3, 0.4) is 0 Å². The largest absolute Gasteiger partial charge is 0.480 e. The summed E-state index contributed by atoms with van der Waals surface area (Å²) in [5.41, 5.74) is 0.241. The highest BCUT2D eigenvalue weighted by Gasteiger charge is 2.34. The number of aliphatic carboxylic acids is 1. The van der Waals surface area contributed by atoms with Crippen LogP contribution >= 0.6 is 0 Å². The van der Waals surface area contributed by atoms with E-state index in [4.69, 9.17) is 9.52 Å². The van der Waals surface area contributed by atoms with Gasteiger partial charge in [0, 0.05) is 13.0 Å². The van der Waals surface area contributed by atoms with E-state index in [1.54, 1.807) is 0 Å². The number of likely N-dealkylation sites (tertiary alicyclic amines) is 1. The van der Waals surface area contributed by atoms with E-state index in [-0.39, 0.29) is 11.6 Å². The van der Waals surface area contributed by atoms with E-state index in [1.165, 1.54) is 11.3 Å². The van der Waals surface area contributed by atoms with Crippen molar-refractivity contribution in [2.24, 2.45) is 0 Å². The van der Waals surface area contributed by atoms with Gasteiger partial charge < -0.3 is 14.4 Å². The molecule has 0 saturated carbocycles. The van der Waals surface area contributed by atoms with Gasteiger partial charge in [-0.05, 0) is 19.3 Å². The van der Waals surface area contributed by atoms with E-state index in [0.717, 1.165) is 12.8 Å². The van der Waals surface area contributed by atoms with E-state index in [0.29, 0.717) is 25.1 Å². The van der Waals surface area contributed by atoms with Gasteiger partial charge in [-0.1, -0.05) is 6.92 Å². The molecule has 1 aromatic heterocycles. The number of oxazole rings is 1. The van der Waals surface area contributed by atoms with Gasteiger partial charge in [-0.25, -0.2) is 9.78 Å². The Morgan fingerprint density at radius 1 is 1.56 bits per heavy atom. The number of carbonyl (C=O) groups is 2. The lowest BCUT2D eigenvalue weighted by atomic mass is 10.0. The number of hydrogen-bond donors (Lipinski definition) is 1. The highest BCUT2D eigenvalue weighted by Crippen LogP contribution is 2.21. The van der Waals surface area contributed by atoms with Crippen LogP contribution < -0.4 is 0 Å². The van der Waals surface area contributed by atoms with Crippen molar-refractivity contribution in [2.45, 2.75) is 38.6 Å². The van der Waals surface area contributed by atoms with E-state index >= 15 is 0 Å². The van der Waals surface area contributed by atoms with Gasteiger partial charge in [-0.2, -0.15) is 0 Å². The molecule has 0 bridgehead atoms. The molecule has 1 atom stereocenters. The lowest BCUT2D eigenvalue weighted by Crippen LogP contribution is -2.48. The number of amides is 1. The summed E-state index contributed by atoms with van der Waals surface area (Å²) in [7, 11) is 0. The van der Waals surface area contributed by atoms with Gasteiger partial charge in [-0.15, -0.1) is 0 Å². The van der Waals surface area contributed by atoms with Gasteiger partial charge >= 0.3 is 5.97 Å². The zero-order valence-electron chi connectivity index (χ0n) is 10.3. The van der Waals surface area contributed by atoms with E-state index in [9.17, 15) is 9.59 Å². The Labute approximate surface area is 105 Å². The van der Waals surface area contributed by atoms with Crippen molar-refractivity contribution in [3.8, 4) is 0 Å². The summed E-state index contributed by atoms with van der Waals surface area (Å²) in [5, 5.41) is 9.14. The molecule has 1 aliphatic rings. The summed E-state index contributed by atoms with van der Waals surface area (Å²) in [5.74, 6) is -0.785. The van der Waals surface area contributed by atoms with E-state index < -0.39 is 12.0 Å². The maximum Gasteiger partial charge on any atom is 0.326 e. The van der Waals surface area contributed by atoms with Crippen LogP contribution in [0.25, 0.3) is 0 Å². The predicted octanol–water partition coefficient (Wildman–Crippen LogP) is 1.32. The fraction of sp³-hybridized carbons (Fsp3) is 0.583. The van der Waals surface area contributed by atoms with Crippen LogP contribution in [0, 0.1) is 0 Å². The molecule has 1 aromatic rings. The first kappa shape index (κ1) is 12.6. The second-order valence-corrected chi connectivity index (χ2v) is 4.33. The van der Waals surface area contributed by atoms with Crippen LogP contribution in [-0.4, -0.2) is 39.5 Å².